The first-order valence-electron chi connectivity index (χ1n) is 5.57. The second kappa shape index (κ2) is 4.55. The average molecular weight is 255 g/mol. The molecule has 0 aromatic heterocycles. The summed E-state index contributed by atoms with van der Waals surface area (Å²) in [5.41, 5.74) is 5.66. The van der Waals surface area contributed by atoms with Crippen LogP contribution in [0.15, 0.2) is 18.2 Å². The van der Waals surface area contributed by atoms with Crippen molar-refractivity contribution in [2.75, 3.05) is 6.54 Å². The molecular weight excluding hydrogens is 240 g/mol. The highest BCUT2D eigenvalue weighted by Crippen LogP contribution is 2.31. The van der Waals surface area contributed by atoms with Crippen molar-refractivity contribution in [1.82, 2.24) is 5.32 Å². The van der Waals surface area contributed by atoms with E-state index in [0.29, 0.717) is 11.6 Å². The first-order valence-corrected chi connectivity index (χ1v) is 5.95. The number of hydrogen-bond donors (Lipinski definition) is 3. The Bertz CT molecular complexity index is 439. The van der Waals surface area contributed by atoms with Gasteiger partial charge >= 0.3 is 0 Å². The maximum atomic E-state index is 12.0. The van der Waals surface area contributed by atoms with Crippen molar-refractivity contribution >= 4 is 17.5 Å². The van der Waals surface area contributed by atoms with E-state index in [4.69, 9.17) is 17.3 Å². The van der Waals surface area contributed by atoms with Gasteiger partial charge in [0.25, 0.3) is 5.91 Å². The lowest BCUT2D eigenvalue weighted by atomic mass is 9.76. The zero-order valence-electron chi connectivity index (χ0n) is 9.37. The average Bonchev–Trinajstić information content (AvgIpc) is 2.26. The molecule has 0 unspecified atom stereocenters. The number of amides is 1. The van der Waals surface area contributed by atoms with Gasteiger partial charge in [-0.05, 0) is 37.5 Å². The number of aromatic hydroxyl groups is 1. The summed E-state index contributed by atoms with van der Waals surface area (Å²) in [7, 11) is 0. The molecule has 0 bridgehead atoms. The van der Waals surface area contributed by atoms with Crippen molar-refractivity contribution in [2.24, 2.45) is 5.73 Å². The molecule has 0 spiro atoms. The summed E-state index contributed by atoms with van der Waals surface area (Å²) < 4.78 is 0. The molecule has 92 valence electrons. The Morgan fingerprint density at radius 3 is 2.76 bits per heavy atom. The molecule has 0 aliphatic heterocycles. The predicted octanol–water partition coefficient (Wildman–Crippen LogP) is 1.66. The molecule has 1 saturated carbocycles. The fourth-order valence-corrected chi connectivity index (χ4v) is 2.18. The molecule has 4 N–H and O–H groups in total. The van der Waals surface area contributed by atoms with Crippen LogP contribution in [0.2, 0.25) is 5.02 Å². The number of nitrogens with one attached hydrogen (secondary N) is 1. The van der Waals surface area contributed by atoms with E-state index in [-0.39, 0.29) is 22.8 Å². The summed E-state index contributed by atoms with van der Waals surface area (Å²) in [5, 5.41) is 12.6. The maximum absolute atomic E-state index is 12.0. The van der Waals surface area contributed by atoms with E-state index in [0.717, 1.165) is 19.3 Å². The van der Waals surface area contributed by atoms with Gasteiger partial charge in [-0.1, -0.05) is 11.6 Å². The summed E-state index contributed by atoms with van der Waals surface area (Å²) in [6.45, 7) is 0.426. The third-order valence-electron chi connectivity index (χ3n) is 3.27. The summed E-state index contributed by atoms with van der Waals surface area (Å²) in [4.78, 5) is 12.0. The Morgan fingerprint density at radius 1 is 1.53 bits per heavy atom. The Morgan fingerprint density at radius 2 is 2.24 bits per heavy atom. The molecular formula is C12H15ClN2O2. The molecule has 5 heteroatoms. The van der Waals surface area contributed by atoms with E-state index >= 15 is 0 Å². The lowest BCUT2D eigenvalue weighted by Gasteiger charge is -2.41. The topological polar surface area (TPSA) is 75.3 Å². The van der Waals surface area contributed by atoms with Gasteiger partial charge in [-0.15, -0.1) is 0 Å². The second-order valence-corrected chi connectivity index (χ2v) is 4.86. The van der Waals surface area contributed by atoms with Crippen molar-refractivity contribution in [3.05, 3.63) is 28.8 Å². The quantitative estimate of drug-likeness (QED) is 0.768. The standard InChI is InChI=1S/C12H15ClN2O2/c13-10-3-2-8(16)6-9(10)11(17)15-12(7-14)4-1-5-12/h2-3,6,16H,1,4-5,7,14H2,(H,15,17). The highest BCUT2D eigenvalue weighted by Gasteiger charge is 2.37. The first kappa shape index (κ1) is 12.2. The molecule has 1 aromatic carbocycles. The van der Waals surface area contributed by atoms with Crippen molar-refractivity contribution in [3.63, 3.8) is 0 Å². The molecule has 4 nitrogen and oxygen atoms in total. The van der Waals surface area contributed by atoms with Crippen molar-refractivity contribution in [1.29, 1.82) is 0 Å². The minimum atomic E-state index is -0.286. The van der Waals surface area contributed by atoms with Crippen LogP contribution in [0.3, 0.4) is 0 Å². The molecule has 1 fully saturated rings. The third kappa shape index (κ3) is 2.37. The van der Waals surface area contributed by atoms with E-state index < -0.39 is 0 Å². The monoisotopic (exact) mass is 254 g/mol. The SMILES string of the molecule is NCC1(NC(=O)c2cc(O)ccc2Cl)CCC1. The van der Waals surface area contributed by atoms with E-state index in [1.807, 2.05) is 0 Å². The number of nitrogens with two attached hydrogens (primary N) is 1. The Kier molecular flexibility index (Phi) is 3.26. The minimum absolute atomic E-state index is 0.0231. The number of halogens is 1. The molecule has 2 rings (SSSR count). The number of rotatable bonds is 3. The smallest absolute Gasteiger partial charge is 0.253 e. The second-order valence-electron chi connectivity index (χ2n) is 4.46. The zero-order chi connectivity index (χ0) is 12.5. The molecule has 0 heterocycles. The lowest BCUT2D eigenvalue weighted by Crippen LogP contribution is -2.58. The van der Waals surface area contributed by atoms with Crippen LogP contribution in [-0.2, 0) is 0 Å². The van der Waals surface area contributed by atoms with Gasteiger partial charge in [0, 0.05) is 6.54 Å². The van der Waals surface area contributed by atoms with Crippen LogP contribution in [-0.4, -0.2) is 23.1 Å². The fraction of sp³-hybridized carbons (Fsp3) is 0.417. The normalized spacial score (nSPS) is 17.3. The highest BCUT2D eigenvalue weighted by atomic mass is 35.5. The van der Waals surface area contributed by atoms with E-state index in [1.165, 1.54) is 18.2 Å². The summed E-state index contributed by atoms with van der Waals surface area (Å²) in [6.07, 6.45) is 2.86. The molecule has 17 heavy (non-hydrogen) atoms. The number of phenolic OH excluding ortho intramolecular Hbond substituents is 1. The number of carbonyl (C=O) groups is 1. The van der Waals surface area contributed by atoms with Crippen molar-refractivity contribution in [3.8, 4) is 5.75 Å². The summed E-state index contributed by atoms with van der Waals surface area (Å²) in [5.74, 6) is -0.258. The predicted molar refractivity (Wildman–Crippen MR) is 66.2 cm³/mol. The number of hydrogen-bond acceptors (Lipinski definition) is 3. The number of carbonyl (C=O) groups excluding carboxylic acids is 1. The van der Waals surface area contributed by atoms with Crippen LogP contribution in [0.25, 0.3) is 0 Å². The van der Waals surface area contributed by atoms with Gasteiger partial charge in [-0.3, -0.25) is 4.79 Å². The Labute approximate surface area is 105 Å². The third-order valence-corrected chi connectivity index (χ3v) is 3.60. The van der Waals surface area contributed by atoms with Crippen molar-refractivity contribution in [2.45, 2.75) is 24.8 Å². The molecule has 1 aliphatic carbocycles. The number of phenols is 1. The van der Waals surface area contributed by atoms with Crippen LogP contribution >= 0.6 is 11.6 Å². The maximum Gasteiger partial charge on any atom is 0.253 e. The van der Waals surface area contributed by atoms with Crippen LogP contribution in [0.4, 0.5) is 0 Å². The first-order chi connectivity index (χ1) is 8.06. The molecule has 1 aliphatic rings. The van der Waals surface area contributed by atoms with Gasteiger partial charge in [-0.25, -0.2) is 0 Å². The summed E-state index contributed by atoms with van der Waals surface area (Å²) >= 11 is 5.92. The van der Waals surface area contributed by atoms with Crippen LogP contribution in [0.5, 0.6) is 5.75 Å². The van der Waals surface area contributed by atoms with Crippen molar-refractivity contribution < 1.29 is 9.90 Å². The van der Waals surface area contributed by atoms with Gasteiger partial charge in [-0.2, -0.15) is 0 Å². The zero-order valence-corrected chi connectivity index (χ0v) is 10.1. The van der Waals surface area contributed by atoms with Crippen LogP contribution in [0, 0.1) is 0 Å². The van der Waals surface area contributed by atoms with Gasteiger partial charge in [0.2, 0.25) is 0 Å². The van der Waals surface area contributed by atoms with E-state index in [2.05, 4.69) is 5.32 Å². The van der Waals surface area contributed by atoms with Gasteiger partial charge in [0.1, 0.15) is 5.75 Å². The molecule has 0 atom stereocenters. The molecule has 0 radical (unpaired) electrons. The van der Waals surface area contributed by atoms with Gasteiger partial charge in [0.05, 0.1) is 16.1 Å². The fourth-order valence-electron chi connectivity index (χ4n) is 1.98. The van der Waals surface area contributed by atoms with E-state index in [9.17, 15) is 9.90 Å². The molecule has 0 saturated heterocycles. The lowest BCUT2D eigenvalue weighted by molar-refractivity contribution is 0.0837. The Balaban J connectivity index is 2.17. The Hall–Kier alpha value is -1.26. The van der Waals surface area contributed by atoms with Gasteiger partial charge in [0.15, 0.2) is 0 Å². The minimum Gasteiger partial charge on any atom is -0.508 e. The van der Waals surface area contributed by atoms with E-state index in [1.54, 1.807) is 0 Å². The van der Waals surface area contributed by atoms with Gasteiger partial charge < -0.3 is 16.2 Å². The van der Waals surface area contributed by atoms with Crippen LogP contribution in [0.1, 0.15) is 29.6 Å². The molecule has 1 aromatic rings. The number of benzene rings is 1. The largest absolute Gasteiger partial charge is 0.508 e. The highest BCUT2D eigenvalue weighted by molar-refractivity contribution is 6.33. The summed E-state index contributed by atoms with van der Waals surface area (Å²) in [6, 6.07) is 4.31. The molecule has 1 amide bonds. The van der Waals surface area contributed by atoms with Crippen LogP contribution < -0.4 is 11.1 Å².